The van der Waals surface area contributed by atoms with Gasteiger partial charge < -0.3 is 5.32 Å². The molecule has 1 N–H and O–H groups in total. The van der Waals surface area contributed by atoms with Crippen molar-refractivity contribution in [1.82, 2.24) is 9.97 Å². The predicted molar refractivity (Wildman–Crippen MR) is 78.7 cm³/mol. The summed E-state index contributed by atoms with van der Waals surface area (Å²) in [5.41, 5.74) is 0. The van der Waals surface area contributed by atoms with Gasteiger partial charge in [0.2, 0.25) is 0 Å². The third-order valence-corrected chi connectivity index (χ3v) is 4.50. The van der Waals surface area contributed by atoms with Crippen LogP contribution in [0.4, 0.5) is 5.82 Å². The quantitative estimate of drug-likeness (QED) is 0.856. The van der Waals surface area contributed by atoms with E-state index in [1.165, 1.54) is 19.3 Å². The van der Waals surface area contributed by atoms with Gasteiger partial charge in [-0.05, 0) is 34.2 Å². The summed E-state index contributed by atoms with van der Waals surface area (Å²) in [5.74, 6) is 3.35. The van der Waals surface area contributed by atoms with Crippen molar-refractivity contribution in [2.45, 2.75) is 52.5 Å². The van der Waals surface area contributed by atoms with Crippen molar-refractivity contribution in [3.8, 4) is 0 Å². The van der Waals surface area contributed by atoms with Gasteiger partial charge in [-0.15, -0.1) is 0 Å². The van der Waals surface area contributed by atoms with Crippen LogP contribution in [0.15, 0.2) is 10.7 Å². The molecule has 1 aromatic rings. The molecule has 1 heterocycles. The Morgan fingerprint density at radius 1 is 1.33 bits per heavy atom. The van der Waals surface area contributed by atoms with E-state index in [0.29, 0.717) is 12.0 Å². The highest BCUT2D eigenvalue weighted by Crippen LogP contribution is 2.31. The van der Waals surface area contributed by atoms with Crippen LogP contribution in [-0.4, -0.2) is 16.0 Å². The maximum Gasteiger partial charge on any atom is 0.131 e. The minimum Gasteiger partial charge on any atom is -0.367 e. The standard InChI is InChI=1S/C14H22BrN3/c1-4-13-17-12(15)8-14(18-13)16-11-7-5-6-9(2)10(11)3/h8-11H,4-7H2,1-3H3,(H,16,17,18). The van der Waals surface area contributed by atoms with Crippen LogP contribution in [0.5, 0.6) is 0 Å². The Labute approximate surface area is 118 Å². The summed E-state index contributed by atoms with van der Waals surface area (Å²) >= 11 is 3.45. The summed E-state index contributed by atoms with van der Waals surface area (Å²) < 4.78 is 0.869. The lowest BCUT2D eigenvalue weighted by Gasteiger charge is -2.35. The summed E-state index contributed by atoms with van der Waals surface area (Å²) in [7, 11) is 0. The zero-order chi connectivity index (χ0) is 13.1. The molecule has 0 amide bonds. The normalized spacial score (nSPS) is 28.1. The van der Waals surface area contributed by atoms with Gasteiger partial charge in [-0.25, -0.2) is 9.97 Å². The summed E-state index contributed by atoms with van der Waals surface area (Å²) in [6.07, 6.45) is 4.78. The van der Waals surface area contributed by atoms with Crippen molar-refractivity contribution in [1.29, 1.82) is 0 Å². The highest BCUT2D eigenvalue weighted by atomic mass is 79.9. The maximum atomic E-state index is 4.55. The molecule has 0 saturated heterocycles. The van der Waals surface area contributed by atoms with E-state index in [1.54, 1.807) is 0 Å². The van der Waals surface area contributed by atoms with E-state index in [4.69, 9.17) is 0 Å². The molecule has 1 aromatic heterocycles. The largest absolute Gasteiger partial charge is 0.367 e. The van der Waals surface area contributed by atoms with Gasteiger partial charge in [-0.2, -0.15) is 0 Å². The minimum absolute atomic E-state index is 0.542. The molecule has 0 radical (unpaired) electrons. The Morgan fingerprint density at radius 3 is 2.83 bits per heavy atom. The molecule has 3 nitrogen and oxygen atoms in total. The molecule has 3 atom stereocenters. The lowest BCUT2D eigenvalue weighted by Crippen LogP contribution is -2.35. The number of hydrogen-bond donors (Lipinski definition) is 1. The molecule has 3 unspecified atom stereocenters. The van der Waals surface area contributed by atoms with Gasteiger partial charge in [0.05, 0.1) is 0 Å². The highest BCUT2D eigenvalue weighted by Gasteiger charge is 2.27. The number of nitrogens with one attached hydrogen (secondary N) is 1. The number of anilines is 1. The van der Waals surface area contributed by atoms with Crippen molar-refractivity contribution in [3.05, 3.63) is 16.5 Å². The number of halogens is 1. The molecule has 1 saturated carbocycles. The van der Waals surface area contributed by atoms with Gasteiger partial charge in [0, 0.05) is 18.5 Å². The molecular weight excluding hydrogens is 290 g/mol. The number of aryl methyl sites for hydroxylation is 1. The van der Waals surface area contributed by atoms with Crippen molar-refractivity contribution in [2.24, 2.45) is 11.8 Å². The first kappa shape index (κ1) is 13.8. The average molecular weight is 312 g/mol. The third-order valence-electron chi connectivity index (χ3n) is 4.10. The molecule has 0 bridgehead atoms. The van der Waals surface area contributed by atoms with Gasteiger partial charge in [-0.1, -0.05) is 33.6 Å². The number of hydrogen-bond acceptors (Lipinski definition) is 3. The number of nitrogens with zero attached hydrogens (tertiary/aromatic N) is 2. The van der Waals surface area contributed by atoms with E-state index < -0.39 is 0 Å². The Morgan fingerprint density at radius 2 is 2.11 bits per heavy atom. The monoisotopic (exact) mass is 311 g/mol. The second-order valence-corrected chi connectivity index (χ2v) is 6.18. The first-order valence-corrected chi connectivity index (χ1v) is 7.69. The van der Waals surface area contributed by atoms with Crippen LogP contribution >= 0.6 is 15.9 Å². The van der Waals surface area contributed by atoms with Crippen molar-refractivity contribution in [2.75, 3.05) is 5.32 Å². The summed E-state index contributed by atoms with van der Waals surface area (Å²) in [5, 5.41) is 3.60. The Kier molecular flexibility index (Phi) is 4.60. The molecule has 0 aromatic carbocycles. The zero-order valence-corrected chi connectivity index (χ0v) is 13.0. The Bertz CT molecular complexity index is 408. The first-order valence-electron chi connectivity index (χ1n) is 6.90. The minimum atomic E-state index is 0.542. The van der Waals surface area contributed by atoms with E-state index >= 15 is 0 Å². The second-order valence-electron chi connectivity index (χ2n) is 5.36. The van der Waals surface area contributed by atoms with E-state index in [9.17, 15) is 0 Å². The fourth-order valence-corrected chi connectivity index (χ4v) is 3.09. The lowest BCUT2D eigenvalue weighted by molar-refractivity contribution is 0.253. The van der Waals surface area contributed by atoms with E-state index in [0.717, 1.165) is 28.6 Å². The first-order chi connectivity index (χ1) is 8.60. The topological polar surface area (TPSA) is 37.8 Å². The maximum absolute atomic E-state index is 4.55. The van der Waals surface area contributed by atoms with Crippen LogP contribution in [0.3, 0.4) is 0 Å². The van der Waals surface area contributed by atoms with Gasteiger partial charge in [-0.3, -0.25) is 0 Å². The van der Waals surface area contributed by atoms with E-state index in [2.05, 4.69) is 52.0 Å². The molecule has 0 aliphatic heterocycles. The molecule has 4 heteroatoms. The average Bonchev–Trinajstić information content (AvgIpc) is 2.34. The molecule has 1 aliphatic rings. The molecule has 18 heavy (non-hydrogen) atoms. The van der Waals surface area contributed by atoms with Crippen LogP contribution in [0, 0.1) is 11.8 Å². The fraction of sp³-hybridized carbons (Fsp3) is 0.714. The lowest BCUT2D eigenvalue weighted by atomic mass is 9.78. The number of rotatable bonds is 3. The van der Waals surface area contributed by atoms with Crippen molar-refractivity contribution in [3.63, 3.8) is 0 Å². The highest BCUT2D eigenvalue weighted by molar-refractivity contribution is 9.10. The molecule has 2 rings (SSSR count). The molecule has 1 fully saturated rings. The van der Waals surface area contributed by atoms with Gasteiger partial charge >= 0.3 is 0 Å². The summed E-state index contributed by atoms with van der Waals surface area (Å²) in [6.45, 7) is 6.78. The Balaban J connectivity index is 2.10. The smallest absolute Gasteiger partial charge is 0.131 e. The van der Waals surface area contributed by atoms with E-state index in [1.807, 2.05) is 6.07 Å². The number of aromatic nitrogens is 2. The SMILES string of the molecule is CCc1nc(Br)cc(NC2CCCC(C)C2C)n1. The van der Waals surface area contributed by atoms with Crippen molar-refractivity contribution >= 4 is 21.7 Å². The molecule has 0 spiro atoms. The molecular formula is C14H22BrN3. The van der Waals surface area contributed by atoms with Crippen LogP contribution in [0.2, 0.25) is 0 Å². The Hall–Kier alpha value is -0.640. The molecule has 100 valence electrons. The fourth-order valence-electron chi connectivity index (χ4n) is 2.67. The summed E-state index contributed by atoms with van der Waals surface area (Å²) in [4.78, 5) is 8.90. The van der Waals surface area contributed by atoms with Gasteiger partial charge in [0.15, 0.2) is 0 Å². The van der Waals surface area contributed by atoms with Crippen molar-refractivity contribution < 1.29 is 0 Å². The summed E-state index contributed by atoms with van der Waals surface area (Å²) in [6, 6.07) is 2.52. The van der Waals surface area contributed by atoms with Crippen LogP contribution in [-0.2, 0) is 6.42 Å². The second kappa shape index (κ2) is 6.00. The van der Waals surface area contributed by atoms with Crippen LogP contribution in [0.25, 0.3) is 0 Å². The van der Waals surface area contributed by atoms with Gasteiger partial charge in [0.25, 0.3) is 0 Å². The third kappa shape index (κ3) is 3.22. The van der Waals surface area contributed by atoms with Crippen LogP contribution < -0.4 is 5.32 Å². The zero-order valence-electron chi connectivity index (χ0n) is 11.4. The predicted octanol–water partition coefficient (Wildman–Crippen LogP) is 4.04. The van der Waals surface area contributed by atoms with E-state index in [-0.39, 0.29) is 0 Å². The van der Waals surface area contributed by atoms with Crippen LogP contribution in [0.1, 0.15) is 45.9 Å². The van der Waals surface area contributed by atoms with Gasteiger partial charge in [0.1, 0.15) is 16.2 Å². The molecule has 1 aliphatic carbocycles.